The predicted octanol–water partition coefficient (Wildman–Crippen LogP) is -1.02. The number of amides is 2. The Morgan fingerprint density at radius 2 is 1.80 bits per heavy atom. The Hall–Kier alpha value is -1.76. The maximum atomic E-state index is 12.6. The van der Waals surface area contributed by atoms with Gasteiger partial charge in [-0.1, -0.05) is 24.6 Å². The van der Waals surface area contributed by atoms with Gasteiger partial charge in [-0.3, -0.25) is 27.7 Å². The lowest BCUT2D eigenvalue weighted by Crippen LogP contribution is -2.46. The van der Waals surface area contributed by atoms with Crippen LogP contribution in [0.15, 0.2) is 12.7 Å². The van der Waals surface area contributed by atoms with Gasteiger partial charge in [0.25, 0.3) is 0 Å². The summed E-state index contributed by atoms with van der Waals surface area (Å²) < 4.78 is 61.8. The van der Waals surface area contributed by atoms with Gasteiger partial charge in [-0.05, 0) is 0 Å². The summed E-state index contributed by atoms with van der Waals surface area (Å²) in [7, 11) is -15.1. The number of aromatic nitrogens is 4. The van der Waals surface area contributed by atoms with Gasteiger partial charge in [-0.25, -0.2) is 28.6 Å². The molecule has 7 atom stereocenters. The first-order valence-electron chi connectivity index (χ1n) is 13.8. The minimum Gasteiger partial charge on any atom is -0.386 e. The van der Waals surface area contributed by atoms with Crippen LogP contribution in [0.5, 0.6) is 0 Å². The second-order valence-corrected chi connectivity index (χ2v) is 16.6. The zero-order chi connectivity index (χ0) is 36.8. The summed E-state index contributed by atoms with van der Waals surface area (Å²) in [5.74, 6) is -0.774. The number of fused-ring (bicyclic) bond motifs is 1. The van der Waals surface area contributed by atoms with E-state index in [1.54, 1.807) is 0 Å². The fourth-order valence-corrected chi connectivity index (χ4v) is 7.47. The first kappa shape index (κ1) is 41.7. The minimum absolute atomic E-state index is 0.0363. The SMILES string of the molecule is CC(C)(COP(=O)(O)OP(=O)(O)OC[C@H]1O[C@@H](n2cnc3c(N)ncnc32)[C@H](O)[C@@H]1OP(=O)(O)O)[C@@H](O)C(=O)NCCC(=O)NCCSS. The van der Waals surface area contributed by atoms with Crippen molar-refractivity contribution in [3.05, 3.63) is 12.7 Å². The van der Waals surface area contributed by atoms with Gasteiger partial charge in [-0.15, -0.1) is 11.7 Å². The van der Waals surface area contributed by atoms with Crippen LogP contribution in [-0.4, -0.2) is 118 Å². The number of nitrogens with two attached hydrogens (primary N) is 1. The Balaban J connectivity index is 1.59. The Morgan fingerprint density at radius 1 is 1.12 bits per heavy atom. The Kier molecular flexibility index (Phi) is 14.6. The molecule has 3 heterocycles. The van der Waals surface area contributed by atoms with Gasteiger partial charge in [0.15, 0.2) is 17.7 Å². The summed E-state index contributed by atoms with van der Waals surface area (Å²) in [4.78, 5) is 74.8. The van der Waals surface area contributed by atoms with Crippen molar-refractivity contribution in [2.75, 3.05) is 37.8 Å². The molecule has 10 N–H and O–H groups in total. The van der Waals surface area contributed by atoms with Crippen molar-refractivity contribution in [3.63, 3.8) is 0 Å². The molecule has 0 radical (unpaired) electrons. The van der Waals surface area contributed by atoms with E-state index >= 15 is 0 Å². The Bertz CT molecular complexity index is 1620. The highest BCUT2D eigenvalue weighted by molar-refractivity contribution is 8.68. The number of hydrogen-bond donors (Lipinski definition) is 10. The third kappa shape index (κ3) is 12.2. The number of hydrogen-bond acceptors (Lipinski definition) is 18. The monoisotopic (exact) mass is 799 g/mol. The third-order valence-electron chi connectivity index (χ3n) is 6.59. The average Bonchev–Trinajstić information content (AvgIpc) is 3.55. The number of carbonyl (C=O) groups excluding carboxylic acids is 2. The number of phosphoric acid groups is 3. The number of nitrogen functional groups attached to an aromatic ring is 1. The largest absolute Gasteiger partial charge is 0.481 e. The van der Waals surface area contributed by atoms with Crippen LogP contribution < -0.4 is 16.4 Å². The number of nitrogens with one attached hydrogen (secondary N) is 2. The molecule has 23 nitrogen and oxygen atoms in total. The molecule has 1 aliphatic rings. The number of phosphoric ester groups is 3. The molecule has 2 amide bonds. The standard InChI is InChI=1S/C21H36N7O16P3S2/c1-21(2,16(31)19(32)24-4-3-12(29)23-5-6-49-48)8-41-47(38,39)44-46(36,37)40-7-11-15(43-45(33,34)35)14(30)20(42-11)28-10-27-13-17(22)25-9-26-18(13)28/h9-11,14-16,20,30-31,48H,3-8H2,1-2H3,(H,23,29)(H,24,32)(H,36,37)(H,38,39)(H2,22,25,26)(H2,33,34,35)/t11-,14-,15-,16+,20-/m1/s1. The van der Waals surface area contributed by atoms with Crippen molar-refractivity contribution < 1.29 is 75.7 Å². The molecule has 49 heavy (non-hydrogen) atoms. The van der Waals surface area contributed by atoms with Crippen LogP contribution in [0, 0.1) is 5.41 Å². The van der Waals surface area contributed by atoms with Gasteiger partial charge < -0.3 is 50.9 Å². The van der Waals surface area contributed by atoms with Gasteiger partial charge in [0, 0.05) is 30.7 Å². The summed E-state index contributed by atoms with van der Waals surface area (Å²) in [6.07, 6.45) is -6.74. The molecule has 2 aromatic rings. The highest BCUT2D eigenvalue weighted by Gasteiger charge is 2.50. The van der Waals surface area contributed by atoms with E-state index in [0.29, 0.717) is 12.3 Å². The fraction of sp³-hybridized carbons (Fsp3) is 0.667. The molecular weight excluding hydrogens is 763 g/mol. The number of carbonyl (C=O) groups is 2. The van der Waals surface area contributed by atoms with E-state index in [-0.39, 0.29) is 35.9 Å². The average molecular weight is 800 g/mol. The predicted molar refractivity (Wildman–Crippen MR) is 171 cm³/mol. The molecular formula is C21H36N7O16P3S2. The van der Waals surface area contributed by atoms with Crippen molar-refractivity contribution in [2.24, 2.45) is 5.41 Å². The third-order valence-corrected chi connectivity index (χ3v) is 10.6. The number of thiol groups is 1. The first-order valence-corrected chi connectivity index (χ1v) is 20.4. The van der Waals surface area contributed by atoms with Crippen LogP contribution in [-0.2, 0) is 45.9 Å². The van der Waals surface area contributed by atoms with Crippen LogP contribution in [0.4, 0.5) is 5.82 Å². The molecule has 0 aromatic carbocycles. The molecule has 2 unspecified atom stereocenters. The van der Waals surface area contributed by atoms with E-state index in [2.05, 4.69) is 46.1 Å². The highest BCUT2D eigenvalue weighted by Crippen LogP contribution is 2.61. The molecule has 2 aromatic heterocycles. The number of imidazole rings is 1. The summed E-state index contributed by atoms with van der Waals surface area (Å²) in [6, 6.07) is 0. The molecule has 1 fully saturated rings. The topological polar surface area (TPSA) is 347 Å². The van der Waals surface area contributed by atoms with Gasteiger partial charge in [-0.2, -0.15) is 4.31 Å². The summed E-state index contributed by atoms with van der Waals surface area (Å²) in [6.45, 7) is 0.775. The molecule has 0 saturated carbocycles. The van der Waals surface area contributed by atoms with E-state index in [1.165, 1.54) is 24.6 Å². The molecule has 0 bridgehead atoms. The van der Waals surface area contributed by atoms with Crippen LogP contribution >= 0.6 is 45.9 Å². The minimum atomic E-state index is -5.54. The summed E-state index contributed by atoms with van der Waals surface area (Å²) >= 11 is 3.94. The number of aliphatic hydroxyl groups excluding tert-OH is 2. The van der Waals surface area contributed by atoms with Crippen LogP contribution in [0.1, 0.15) is 26.5 Å². The Morgan fingerprint density at radius 3 is 2.45 bits per heavy atom. The number of rotatable bonds is 19. The number of ether oxygens (including phenoxy) is 1. The molecule has 1 aliphatic heterocycles. The van der Waals surface area contributed by atoms with E-state index in [4.69, 9.17) is 19.5 Å². The number of aliphatic hydroxyl groups is 2. The zero-order valence-corrected chi connectivity index (χ0v) is 30.0. The maximum Gasteiger partial charge on any atom is 0.481 e. The smallest absolute Gasteiger partial charge is 0.386 e. The maximum absolute atomic E-state index is 12.6. The second kappa shape index (κ2) is 17.2. The van der Waals surface area contributed by atoms with Crippen molar-refractivity contribution in [1.29, 1.82) is 0 Å². The lowest BCUT2D eigenvalue weighted by Gasteiger charge is -2.30. The van der Waals surface area contributed by atoms with Crippen LogP contribution in [0.3, 0.4) is 0 Å². The zero-order valence-electron chi connectivity index (χ0n) is 25.6. The molecule has 0 aliphatic carbocycles. The van der Waals surface area contributed by atoms with Crippen molar-refractivity contribution >= 4 is 74.7 Å². The fourth-order valence-electron chi connectivity index (χ4n) is 4.18. The molecule has 1 saturated heterocycles. The lowest BCUT2D eigenvalue weighted by molar-refractivity contribution is -0.137. The highest BCUT2D eigenvalue weighted by atomic mass is 33.1. The van der Waals surface area contributed by atoms with Gasteiger partial charge in [0.2, 0.25) is 11.8 Å². The normalized spacial score (nSPS) is 23.1. The second-order valence-electron chi connectivity index (χ2n) is 10.9. The number of anilines is 1. The summed E-state index contributed by atoms with van der Waals surface area (Å²) in [5.41, 5.74) is 4.30. The van der Waals surface area contributed by atoms with E-state index in [0.717, 1.165) is 17.2 Å². The Labute approximate surface area is 286 Å². The van der Waals surface area contributed by atoms with Crippen molar-refractivity contribution in [2.45, 2.75) is 50.9 Å². The van der Waals surface area contributed by atoms with Gasteiger partial charge >= 0.3 is 23.5 Å². The quantitative estimate of drug-likeness (QED) is 0.0352. The molecule has 278 valence electrons. The van der Waals surface area contributed by atoms with Gasteiger partial charge in [0.1, 0.15) is 36.3 Å². The van der Waals surface area contributed by atoms with Crippen molar-refractivity contribution in [3.8, 4) is 0 Å². The van der Waals surface area contributed by atoms with E-state index in [9.17, 15) is 53.1 Å². The number of nitrogens with zero attached hydrogens (tertiary/aromatic N) is 4. The van der Waals surface area contributed by atoms with Gasteiger partial charge in [0.05, 0.1) is 19.5 Å². The van der Waals surface area contributed by atoms with Crippen LogP contribution in [0.25, 0.3) is 11.2 Å². The molecule has 0 spiro atoms. The first-order chi connectivity index (χ1) is 22.7. The lowest BCUT2D eigenvalue weighted by atomic mass is 9.87. The van der Waals surface area contributed by atoms with E-state index in [1.807, 2.05) is 0 Å². The van der Waals surface area contributed by atoms with Crippen LogP contribution in [0.2, 0.25) is 0 Å². The molecule has 3 rings (SSSR count). The summed E-state index contributed by atoms with van der Waals surface area (Å²) in [5, 5.41) is 26.2. The molecule has 28 heteroatoms. The van der Waals surface area contributed by atoms with E-state index < -0.39 is 78.6 Å². The van der Waals surface area contributed by atoms with Crippen molar-refractivity contribution in [1.82, 2.24) is 30.2 Å².